The molecule has 0 spiro atoms. The van der Waals surface area contributed by atoms with Crippen LogP contribution >= 0.6 is 0 Å². The van der Waals surface area contributed by atoms with Crippen molar-refractivity contribution in [2.75, 3.05) is 0 Å². The van der Waals surface area contributed by atoms with Gasteiger partial charge in [0.15, 0.2) is 0 Å². The molecule has 0 radical (unpaired) electrons. The van der Waals surface area contributed by atoms with Gasteiger partial charge in [-0.05, 0) is 12.5 Å². The van der Waals surface area contributed by atoms with Crippen molar-refractivity contribution in [1.82, 2.24) is 9.97 Å². The number of aliphatic carboxylic acids is 1. The van der Waals surface area contributed by atoms with Crippen LogP contribution in [-0.2, 0) is 4.79 Å². The van der Waals surface area contributed by atoms with Crippen LogP contribution in [0.4, 0.5) is 0 Å². The highest BCUT2D eigenvalue weighted by atomic mass is 16.4. The van der Waals surface area contributed by atoms with Crippen molar-refractivity contribution in [2.24, 2.45) is 0 Å². The fourth-order valence-corrected chi connectivity index (χ4v) is 1.03. The largest absolute Gasteiger partial charge is 0.478 e. The number of rotatable bonds is 3. The summed E-state index contributed by atoms with van der Waals surface area (Å²) in [4.78, 5) is 26.7. The normalized spacial score (nSPS) is 11.1. The lowest BCUT2D eigenvalue weighted by molar-refractivity contribution is -0.131. The molecule has 0 unspecified atom stereocenters. The molecule has 1 rings (SSSR count). The second-order valence-electron chi connectivity index (χ2n) is 2.99. The first-order valence-corrected chi connectivity index (χ1v) is 4.61. The molecule has 0 amide bonds. The van der Waals surface area contributed by atoms with E-state index in [2.05, 4.69) is 15.7 Å². The number of aromatic amines is 2. The zero-order valence-electron chi connectivity index (χ0n) is 8.33. The molecule has 15 heavy (non-hydrogen) atoms. The smallest absolute Gasteiger partial charge is 0.336 e. The standard InChI is InChI=1S/C10H12N2O3/c1-2-3-4-8-11-7(10(15)12-8)5-6-9(13)14/h4,6,11H,2-3H2,1H3,(H,12,15)(H,13,14). The first-order chi connectivity index (χ1) is 7.13. The van der Waals surface area contributed by atoms with Crippen LogP contribution in [0.3, 0.4) is 0 Å². The third kappa shape index (κ3) is 3.32. The van der Waals surface area contributed by atoms with Crippen LogP contribution in [0.5, 0.6) is 0 Å². The maximum Gasteiger partial charge on any atom is 0.336 e. The molecule has 1 heterocycles. The van der Waals surface area contributed by atoms with Gasteiger partial charge in [0.2, 0.25) is 0 Å². The van der Waals surface area contributed by atoms with E-state index in [0.29, 0.717) is 5.48 Å². The van der Waals surface area contributed by atoms with E-state index in [1.807, 2.05) is 13.0 Å². The van der Waals surface area contributed by atoms with Crippen molar-refractivity contribution in [3.05, 3.63) is 27.3 Å². The number of carbonyl (C=O) groups is 1. The molecule has 3 N–H and O–H groups in total. The van der Waals surface area contributed by atoms with Crippen LogP contribution in [0.2, 0.25) is 0 Å². The van der Waals surface area contributed by atoms with Crippen molar-refractivity contribution in [2.45, 2.75) is 19.8 Å². The van der Waals surface area contributed by atoms with Gasteiger partial charge in [-0.1, -0.05) is 19.1 Å². The van der Waals surface area contributed by atoms with Crippen LogP contribution in [0, 0.1) is 0 Å². The van der Waals surface area contributed by atoms with Gasteiger partial charge in [0.1, 0.15) is 10.8 Å². The molecule has 0 aliphatic heterocycles. The van der Waals surface area contributed by atoms with E-state index in [9.17, 15) is 9.59 Å². The van der Waals surface area contributed by atoms with Crippen molar-refractivity contribution >= 4 is 17.8 Å². The van der Waals surface area contributed by atoms with Gasteiger partial charge in [-0.3, -0.25) is 4.79 Å². The Kier molecular flexibility index (Phi) is 3.71. The molecule has 1 aromatic heterocycles. The van der Waals surface area contributed by atoms with Crippen LogP contribution in [0.15, 0.2) is 10.9 Å². The Morgan fingerprint density at radius 3 is 2.87 bits per heavy atom. The highest BCUT2D eigenvalue weighted by Crippen LogP contribution is 1.83. The molecule has 5 nitrogen and oxygen atoms in total. The van der Waals surface area contributed by atoms with Gasteiger partial charge >= 0.3 is 5.97 Å². The average molecular weight is 208 g/mol. The molecule has 0 saturated carbocycles. The number of imidazole rings is 1. The maximum atomic E-state index is 11.2. The van der Waals surface area contributed by atoms with Crippen LogP contribution in [0.25, 0.3) is 11.8 Å². The molecule has 0 aliphatic carbocycles. The molecule has 1 aromatic rings. The quantitative estimate of drug-likeness (QED) is 0.574. The third-order valence-corrected chi connectivity index (χ3v) is 1.71. The number of nitrogens with one attached hydrogen (secondary N) is 2. The van der Waals surface area contributed by atoms with Crippen LogP contribution in [0.1, 0.15) is 19.8 Å². The summed E-state index contributed by atoms with van der Waals surface area (Å²) >= 11 is 0. The fraction of sp³-hybridized carbons (Fsp3) is 0.300. The monoisotopic (exact) mass is 208 g/mol. The number of carboxylic acid groups (broad SMARTS) is 1. The minimum atomic E-state index is -1.14. The van der Waals surface area contributed by atoms with Gasteiger partial charge in [0.25, 0.3) is 5.56 Å². The Labute approximate surface area is 85.5 Å². The Balaban J connectivity index is 3.24. The van der Waals surface area contributed by atoms with Crippen molar-refractivity contribution in [3.63, 3.8) is 0 Å². The van der Waals surface area contributed by atoms with Crippen molar-refractivity contribution < 1.29 is 9.90 Å². The summed E-state index contributed by atoms with van der Waals surface area (Å²) in [6, 6.07) is 0. The minimum Gasteiger partial charge on any atom is -0.478 e. The SMILES string of the molecule is CCCC=c1[nH]c(=O)c(=C=CC(=O)O)[nH]1. The van der Waals surface area contributed by atoms with Gasteiger partial charge in [-0.25, -0.2) is 4.79 Å². The highest BCUT2D eigenvalue weighted by Gasteiger charge is 1.90. The molecule has 0 bridgehead atoms. The number of H-pyrrole nitrogens is 2. The summed E-state index contributed by atoms with van der Waals surface area (Å²) in [6.45, 7) is 2.02. The fourth-order valence-electron chi connectivity index (χ4n) is 1.03. The van der Waals surface area contributed by atoms with E-state index in [1.165, 1.54) is 0 Å². The van der Waals surface area contributed by atoms with Gasteiger partial charge in [0.05, 0.1) is 6.08 Å². The maximum absolute atomic E-state index is 11.2. The topological polar surface area (TPSA) is 85.9 Å². The van der Waals surface area contributed by atoms with E-state index in [0.717, 1.165) is 18.9 Å². The van der Waals surface area contributed by atoms with Gasteiger partial charge < -0.3 is 15.1 Å². The number of carboxylic acids is 1. The molecule has 0 aromatic carbocycles. The van der Waals surface area contributed by atoms with E-state index in [1.54, 1.807) is 0 Å². The zero-order valence-corrected chi connectivity index (χ0v) is 8.33. The summed E-state index contributed by atoms with van der Waals surface area (Å²) in [6.07, 6.45) is 4.46. The molecule has 5 heteroatoms. The van der Waals surface area contributed by atoms with Crippen LogP contribution in [-0.4, -0.2) is 21.0 Å². The van der Waals surface area contributed by atoms with Crippen molar-refractivity contribution in [3.8, 4) is 0 Å². The Morgan fingerprint density at radius 1 is 1.53 bits per heavy atom. The van der Waals surface area contributed by atoms with E-state index in [-0.39, 0.29) is 10.9 Å². The molecule has 0 saturated heterocycles. The number of hydrogen-bond donors (Lipinski definition) is 3. The molecule has 80 valence electrons. The summed E-state index contributed by atoms with van der Waals surface area (Å²) in [5, 5.41) is 8.49. The van der Waals surface area contributed by atoms with Gasteiger partial charge in [-0.2, -0.15) is 0 Å². The van der Waals surface area contributed by atoms with E-state index < -0.39 is 5.97 Å². The third-order valence-electron chi connectivity index (χ3n) is 1.71. The number of hydrogen-bond acceptors (Lipinski definition) is 2. The Morgan fingerprint density at radius 2 is 2.27 bits per heavy atom. The second kappa shape index (κ2) is 5.02. The lowest BCUT2D eigenvalue weighted by atomic mass is 10.3. The Hall–Kier alpha value is -2.00. The predicted octanol–water partition coefficient (Wildman–Crippen LogP) is -0.696. The average Bonchev–Trinajstić information content (AvgIpc) is 2.53. The minimum absolute atomic E-state index is 0.125. The Bertz CT molecular complexity index is 544. The van der Waals surface area contributed by atoms with Gasteiger partial charge in [0, 0.05) is 0 Å². The predicted molar refractivity (Wildman–Crippen MR) is 55.7 cm³/mol. The lowest BCUT2D eigenvalue weighted by Crippen LogP contribution is -2.21. The highest BCUT2D eigenvalue weighted by molar-refractivity contribution is 5.82. The number of unbranched alkanes of at least 4 members (excludes halogenated alkanes) is 1. The van der Waals surface area contributed by atoms with Crippen molar-refractivity contribution in [1.29, 1.82) is 0 Å². The summed E-state index contributed by atoms with van der Waals surface area (Å²) in [7, 11) is 0. The summed E-state index contributed by atoms with van der Waals surface area (Å²) in [5.74, 6) is -1.14. The summed E-state index contributed by atoms with van der Waals surface area (Å²) < 4.78 is 0. The summed E-state index contributed by atoms with van der Waals surface area (Å²) in [5.41, 5.74) is 2.59. The van der Waals surface area contributed by atoms with E-state index in [4.69, 9.17) is 5.11 Å². The molecule has 0 atom stereocenters. The molecule has 0 aliphatic rings. The first-order valence-electron chi connectivity index (χ1n) is 4.61. The number of aromatic nitrogens is 2. The van der Waals surface area contributed by atoms with Crippen LogP contribution < -0.4 is 16.4 Å². The van der Waals surface area contributed by atoms with Gasteiger partial charge in [-0.15, -0.1) is 0 Å². The first kappa shape index (κ1) is 11.1. The molecule has 0 fully saturated rings. The molecular weight excluding hydrogens is 196 g/mol. The zero-order chi connectivity index (χ0) is 11.3. The second-order valence-corrected chi connectivity index (χ2v) is 2.99. The lowest BCUT2D eigenvalue weighted by Gasteiger charge is -1.79. The molecular formula is C10H12N2O3. The van der Waals surface area contributed by atoms with E-state index >= 15 is 0 Å².